The molecule has 0 unspecified atom stereocenters. The minimum Gasteiger partial charge on any atom is -0.361 e. The zero-order chi connectivity index (χ0) is 9.68. The summed E-state index contributed by atoms with van der Waals surface area (Å²) in [6, 6.07) is 1.98. The van der Waals surface area contributed by atoms with Gasteiger partial charge in [0.15, 0.2) is 0 Å². The molecular weight excluding hydrogens is 164 g/mol. The van der Waals surface area contributed by atoms with Crippen LogP contribution in [0.25, 0.3) is 0 Å². The van der Waals surface area contributed by atoms with Crippen molar-refractivity contribution < 1.29 is 4.52 Å². The van der Waals surface area contributed by atoms with Crippen LogP contribution in [-0.2, 0) is 6.42 Å². The molecule has 1 N–H and O–H groups in total. The SMILES string of the molecule is Cc1cc(CCNCC(C)C)no1. The third-order valence-electron chi connectivity index (χ3n) is 1.79. The Bertz CT molecular complexity index is 243. The van der Waals surface area contributed by atoms with Crippen LogP contribution < -0.4 is 5.32 Å². The summed E-state index contributed by atoms with van der Waals surface area (Å²) >= 11 is 0. The number of aryl methyl sites for hydroxylation is 1. The second-order valence-corrected chi connectivity index (χ2v) is 3.78. The molecule has 3 nitrogen and oxygen atoms in total. The average Bonchev–Trinajstić information content (AvgIpc) is 2.45. The van der Waals surface area contributed by atoms with Gasteiger partial charge in [0.1, 0.15) is 5.76 Å². The van der Waals surface area contributed by atoms with Crippen LogP contribution in [0.1, 0.15) is 25.3 Å². The van der Waals surface area contributed by atoms with Crippen molar-refractivity contribution in [3.8, 4) is 0 Å². The van der Waals surface area contributed by atoms with Gasteiger partial charge in [0.25, 0.3) is 0 Å². The van der Waals surface area contributed by atoms with E-state index in [4.69, 9.17) is 4.52 Å². The zero-order valence-corrected chi connectivity index (χ0v) is 8.63. The Morgan fingerprint density at radius 1 is 1.54 bits per heavy atom. The molecule has 0 atom stereocenters. The highest BCUT2D eigenvalue weighted by atomic mass is 16.5. The highest BCUT2D eigenvalue weighted by molar-refractivity contribution is 5.03. The second kappa shape index (κ2) is 5.02. The van der Waals surface area contributed by atoms with E-state index in [9.17, 15) is 0 Å². The van der Waals surface area contributed by atoms with Gasteiger partial charge in [-0.3, -0.25) is 0 Å². The molecule has 74 valence electrons. The van der Waals surface area contributed by atoms with Crippen molar-refractivity contribution in [3.05, 3.63) is 17.5 Å². The first kappa shape index (κ1) is 10.3. The van der Waals surface area contributed by atoms with Crippen molar-refractivity contribution in [2.24, 2.45) is 5.92 Å². The van der Waals surface area contributed by atoms with Gasteiger partial charge in [-0.2, -0.15) is 0 Å². The molecule has 0 amide bonds. The average molecular weight is 182 g/mol. The van der Waals surface area contributed by atoms with E-state index in [0.29, 0.717) is 5.92 Å². The Kier molecular flexibility index (Phi) is 3.96. The van der Waals surface area contributed by atoms with Crippen molar-refractivity contribution in [2.45, 2.75) is 27.2 Å². The third-order valence-corrected chi connectivity index (χ3v) is 1.79. The highest BCUT2D eigenvalue weighted by Gasteiger charge is 1.99. The van der Waals surface area contributed by atoms with E-state index in [1.165, 1.54) is 0 Å². The molecule has 13 heavy (non-hydrogen) atoms. The van der Waals surface area contributed by atoms with Crippen LogP contribution in [0.4, 0.5) is 0 Å². The van der Waals surface area contributed by atoms with Crippen molar-refractivity contribution in [1.29, 1.82) is 0 Å². The van der Waals surface area contributed by atoms with Crippen molar-refractivity contribution in [1.82, 2.24) is 10.5 Å². The minimum absolute atomic E-state index is 0.707. The summed E-state index contributed by atoms with van der Waals surface area (Å²) in [5.41, 5.74) is 1.04. The van der Waals surface area contributed by atoms with Gasteiger partial charge in [-0.25, -0.2) is 0 Å². The van der Waals surface area contributed by atoms with E-state index in [1.807, 2.05) is 13.0 Å². The van der Waals surface area contributed by atoms with Gasteiger partial charge in [0, 0.05) is 19.0 Å². The lowest BCUT2D eigenvalue weighted by Gasteiger charge is -2.05. The number of nitrogens with one attached hydrogen (secondary N) is 1. The van der Waals surface area contributed by atoms with Gasteiger partial charge in [0.05, 0.1) is 5.69 Å². The molecule has 0 bridgehead atoms. The minimum atomic E-state index is 0.707. The van der Waals surface area contributed by atoms with E-state index < -0.39 is 0 Å². The zero-order valence-electron chi connectivity index (χ0n) is 8.63. The second-order valence-electron chi connectivity index (χ2n) is 3.78. The summed E-state index contributed by atoms with van der Waals surface area (Å²) < 4.78 is 4.96. The predicted molar refractivity (Wildman–Crippen MR) is 52.7 cm³/mol. The van der Waals surface area contributed by atoms with Gasteiger partial charge in [-0.15, -0.1) is 0 Å². The molecule has 0 aliphatic carbocycles. The van der Waals surface area contributed by atoms with E-state index in [-0.39, 0.29) is 0 Å². The molecule has 0 aliphatic rings. The van der Waals surface area contributed by atoms with E-state index in [2.05, 4.69) is 24.3 Å². The Morgan fingerprint density at radius 3 is 2.85 bits per heavy atom. The van der Waals surface area contributed by atoms with Crippen LogP contribution in [-0.4, -0.2) is 18.2 Å². The molecule has 1 heterocycles. The van der Waals surface area contributed by atoms with Gasteiger partial charge in [0.2, 0.25) is 0 Å². The molecule has 1 rings (SSSR count). The molecule has 0 saturated heterocycles. The van der Waals surface area contributed by atoms with Crippen molar-refractivity contribution in [3.63, 3.8) is 0 Å². The Labute approximate surface area is 79.5 Å². The molecule has 1 aromatic heterocycles. The maximum Gasteiger partial charge on any atom is 0.133 e. The van der Waals surface area contributed by atoms with E-state index >= 15 is 0 Å². The van der Waals surface area contributed by atoms with Crippen LogP contribution >= 0.6 is 0 Å². The first-order valence-electron chi connectivity index (χ1n) is 4.81. The fraction of sp³-hybridized carbons (Fsp3) is 0.700. The Hall–Kier alpha value is -0.830. The quantitative estimate of drug-likeness (QED) is 0.705. The maximum absolute atomic E-state index is 4.96. The smallest absolute Gasteiger partial charge is 0.133 e. The lowest BCUT2D eigenvalue weighted by molar-refractivity contribution is 0.389. The molecular formula is C10H18N2O. The lowest BCUT2D eigenvalue weighted by atomic mass is 10.2. The van der Waals surface area contributed by atoms with E-state index in [1.54, 1.807) is 0 Å². The largest absolute Gasteiger partial charge is 0.361 e. The fourth-order valence-corrected chi connectivity index (χ4v) is 1.14. The van der Waals surface area contributed by atoms with Crippen LogP contribution in [0.3, 0.4) is 0 Å². The van der Waals surface area contributed by atoms with Crippen LogP contribution in [0.15, 0.2) is 10.6 Å². The summed E-state index contributed by atoms with van der Waals surface area (Å²) in [6.07, 6.45) is 0.948. The number of nitrogens with zero attached hydrogens (tertiary/aromatic N) is 1. The Balaban J connectivity index is 2.13. The summed E-state index contributed by atoms with van der Waals surface area (Å²) in [6.45, 7) is 8.36. The molecule has 0 radical (unpaired) electrons. The van der Waals surface area contributed by atoms with Crippen LogP contribution in [0.5, 0.6) is 0 Å². The van der Waals surface area contributed by atoms with Gasteiger partial charge < -0.3 is 9.84 Å². The van der Waals surface area contributed by atoms with Crippen LogP contribution in [0, 0.1) is 12.8 Å². The molecule has 0 aromatic carbocycles. The summed E-state index contributed by atoms with van der Waals surface area (Å²) in [7, 11) is 0. The lowest BCUT2D eigenvalue weighted by Crippen LogP contribution is -2.22. The standard InChI is InChI=1S/C10H18N2O/c1-8(2)7-11-5-4-10-6-9(3)13-12-10/h6,8,11H,4-5,7H2,1-3H3. The molecule has 0 aliphatic heterocycles. The summed E-state index contributed by atoms with van der Waals surface area (Å²) in [5.74, 6) is 1.60. The normalized spacial score (nSPS) is 11.1. The number of hydrogen-bond donors (Lipinski definition) is 1. The topological polar surface area (TPSA) is 38.1 Å². The van der Waals surface area contributed by atoms with Gasteiger partial charge >= 0.3 is 0 Å². The maximum atomic E-state index is 4.96. The fourth-order valence-electron chi connectivity index (χ4n) is 1.14. The molecule has 3 heteroatoms. The first-order valence-corrected chi connectivity index (χ1v) is 4.81. The van der Waals surface area contributed by atoms with Crippen molar-refractivity contribution in [2.75, 3.05) is 13.1 Å². The molecule has 0 fully saturated rings. The summed E-state index contributed by atoms with van der Waals surface area (Å²) in [4.78, 5) is 0. The summed E-state index contributed by atoms with van der Waals surface area (Å²) in [5, 5.41) is 7.28. The Morgan fingerprint density at radius 2 is 2.31 bits per heavy atom. The number of hydrogen-bond acceptors (Lipinski definition) is 3. The molecule has 0 spiro atoms. The molecule has 1 aromatic rings. The number of rotatable bonds is 5. The van der Waals surface area contributed by atoms with Gasteiger partial charge in [-0.1, -0.05) is 19.0 Å². The molecule has 0 saturated carbocycles. The van der Waals surface area contributed by atoms with Crippen molar-refractivity contribution >= 4 is 0 Å². The predicted octanol–water partition coefficient (Wildman–Crippen LogP) is 1.77. The van der Waals surface area contributed by atoms with E-state index in [0.717, 1.165) is 31.0 Å². The van der Waals surface area contributed by atoms with Crippen LogP contribution in [0.2, 0.25) is 0 Å². The van der Waals surface area contributed by atoms with Gasteiger partial charge in [-0.05, 0) is 19.4 Å². The number of aromatic nitrogens is 1. The monoisotopic (exact) mass is 182 g/mol. The third kappa shape index (κ3) is 4.08. The highest BCUT2D eigenvalue weighted by Crippen LogP contribution is 2.01. The first-order chi connectivity index (χ1) is 6.18.